The van der Waals surface area contributed by atoms with Gasteiger partial charge in [0.25, 0.3) is 5.91 Å². The van der Waals surface area contributed by atoms with Gasteiger partial charge in [0, 0.05) is 27.6 Å². The quantitative estimate of drug-likeness (QED) is 0.694. The fourth-order valence-corrected chi connectivity index (χ4v) is 3.69. The fraction of sp³-hybridized carbons (Fsp3) is 0.312. The predicted molar refractivity (Wildman–Crippen MR) is 97.0 cm³/mol. The van der Waals surface area contributed by atoms with Crippen molar-refractivity contribution in [3.8, 4) is 0 Å². The zero-order valence-electron chi connectivity index (χ0n) is 13.2. The van der Waals surface area contributed by atoms with Gasteiger partial charge in [-0.3, -0.25) is 9.48 Å². The molecule has 1 aromatic carbocycles. The highest BCUT2D eigenvalue weighted by Gasteiger charge is 2.23. The molecule has 6 nitrogen and oxygen atoms in total. The van der Waals surface area contributed by atoms with E-state index in [4.69, 9.17) is 0 Å². The summed E-state index contributed by atoms with van der Waals surface area (Å²) in [7, 11) is 0. The molecule has 0 aliphatic rings. The maximum atomic E-state index is 12.4. The standard InChI is InChI=1S/C16H17Br2N3O3/c1-9(2)21-14(3-4-19-21)15(22)20-13(16(23)24)7-10-5-11(17)8-12(18)6-10/h3-6,8-9,13H,7H2,1-2H3,(H,20,22)(H,23,24). The van der Waals surface area contributed by atoms with Crippen LogP contribution in [0.2, 0.25) is 0 Å². The van der Waals surface area contributed by atoms with Crippen LogP contribution in [0.5, 0.6) is 0 Å². The van der Waals surface area contributed by atoms with Crippen LogP contribution in [0.3, 0.4) is 0 Å². The maximum absolute atomic E-state index is 12.4. The second-order valence-corrected chi connectivity index (χ2v) is 7.43. The van der Waals surface area contributed by atoms with E-state index in [1.807, 2.05) is 32.0 Å². The van der Waals surface area contributed by atoms with Gasteiger partial charge >= 0.3 is 5.97 Å². The third-order valence-electron chi connectivity index (χ3n) is 3.36. The van der Waals surface area contributed by atoms with E-state index in [9.17, 15) is 14.7 Å². The van der Waals surface area contributed by atoms with E-state index >= 15 is 0 Å². The number of carboxylic acid groups (broad SMARTS) is 1. The summed E-state index contributed by atoms with van der Waals surface area (Å²) in [5.41, 5.74) is 1.13. The Kier molecular flexibility index (Phi) is 6.17. The summed E-state index contributed by atoms with van der Waals surface area (Å²) in [6, 6.07) is 6.05. The van der Waals surface area contributed by atoms with Crippen molar-refractivity contribution in [1.29, 1.82) is 0 Å². The molecule has 128 valence electrons. The van der Waals surface area contributed by atoms with Gasteiger partial charge in [0.15, 0.2) is 0 Å². The molecule has 0 aliphatic carbocycles. The normalized spacial score (nSPS) is 12.2. The van der Waals surface area contributed by atoms with E-state index in [0.29, 0.717) is 5.69 Å². The van der Waals surface area contributed by atoms with Gasteiger partial charge in [-0.05, 0) is 43.7 Å². The van der Waals surface area contributed by atoms with Gasteiger partial charge in [-0.1, -0.05) is 31.9 Å². The van der Waals surface area contributed by atoms with Crippen molar-refractivity contribution in [2.75, 3.05) is 0 Å². The number of benzene rings is 1. The van der Waals surface area contributed by atoms with Gasteiger partial charge in [-0.2, -0.15) is 5.10 Å². The van der Waals surface area contributed by atoms with Crippen LogP contribution in [0.15, 0.2) is 39.4 Å². The number of carboxylic acids is 1. The molecule has 0 radical (unpaired) electrons. The van der Waals surface area contributed by atoms with E-state index < -0.39 is 17.9 Å². The number of aliphatic carboxylic acids is 1. The average molecular weight is 459 g/mol. The van der Waals surface area contributed by atoms with Crippen molar-refractivity contribution in [2.45, 2.75) is 32.4 Å². The van der Waals surface area contributed by atoms with Gasteiger partial charge in [0.05, 0.1) is 0 Å². The Hall–Kier alpha value is -1.67. The summed E-state index contributed by atoms with van der Waals surface area (Å²) in [5, 5.41) is 16.1. The van der Waals surface area contributed by atoms with Gasteiger partial charge in [-0.25, -0.2) is 4.79 Å². The Morgan fingerprint density at radius 3 is 2.42 bits per heavy atom. The molecule has 0 saturated carbocycles. The topological polar surface area (TPSA) is 84.2 Å². The second kappa shape index (κ2) is 7.94. The van der Waals surface area contributed by atoms with E-state index in [1.54, 1.807) is 10.7 Å². The van der Waals surface area contributed by atoms with Crippen LogP contribution >= 0.6 is 31.9 Å². The number of hydrogen-bond donors (Lipinski definition) is 2. The van der Waals surface area contributed by atoms with Crippen molar-refractivity contribution in [3.05, 3.63) is 50.7 Å². The van der Waals surface area contributed by atoms with Gasteiger partial charge in [0.2, 0.25) is 0 Å². The number of carbonyl (C=O) groups excluding carboxylic acids is 1. The first-order valence-corrected chi connectivity index (χ1v) is 8.88. The number of nitrogens with one attached hydrogen (secondary N) is 1. The summed E-state index contributed by atoms with van der Waals surface area (Å²) < 4.78 is 3.23. The number of amides is 1. The molecular formula is C16H17Br2N3O3. The number of halogens is 2. The van der Waals surface area contributed by atoms with E-state index in [2.05, 4.69) is 42.3 Å². The highest BCUT2D eigenvalue weighted by atomic mass is 79.9. The lowest BCUT2D eigenvalue weighted by Crippen LogP contribution is -2.43. The van der Waals surface area contributed by atoms with E-state index in [1.165, 1.54) is 6.20 Å². The van der Waals surface area contributed by atoms with E-state index in [-0.39, 0.29) is 12.5 Å². The van der Waals surface area contributed by atoms with Crippen LogP contribution in [0.25, 0.3) is 0 Å². The fourth-order valence-electron chi connectivity index (χ4n) is 2.30. The lowest BCUT2D eigenvalue weighted by molar-refractivity contribution is -0.139. The highest BCUT2D eigenvalue weighted by molar-refractivity contribution is 9.11. The molecule has 1 aromatic heterocycles. The molecular weight excluding hydrogens is 442 g/mol. The van der Waals surface area contributed by atoms with Crippen LogP contribution in [0.1, 0.15) is 35.9 Å². The van der Waals surface area contributed by atoms with Crippen LogP contribution < -0.4 is 5.32 Å². The van der Waals surface area contributed by atoms with Crippen LogP contribution in [0, 0.1) is 0 Å². The molecule has 24 heavy (non-hydrogen) atoms. The van der Waals surface area contributed by atoms with Crippen molar-refractivity contribution in [1.82, 2.24) is 15.1 Å². The van der Waals surface area contributed by atoms with Crippen molar-refractivity contribution < 1.29 is 14.7 Å². The van der Waals surface area contributed by atoms with Gasteiger partial charge in [0.1, 0.15) is 11.7 Å². The molecule has 2 aromatic rings. The zero-order chi connectivity index (χ0) is 17.9. The predicted octanol–water partition coefficient (Wildman–Crippen LogP) is 3.41. The van der Waals surface area contributed by atoms with Crippen molar-refractivity contribution >= 4 is 43.7 Å². The summed E-state index contributed by atoms with van der Waals surface area (Å²) in [6.07, 6.45) is 1.70. The summed E-state index contributed by atoms with van der Waals surface area (Å²) in [6.45, 7) is 3.80. The molecule has 0 aliphatic heterocycles. The van der Waals surface area contributed by atoms with Gasteiger partial charge < -0.3 is 10.4 Å². The Morgan fingerprint density at radius 2 is 1.88 bits per heavy atom. The Bertz CT molecular complexity index is 739. The molecule has 2 N–H and O–H groups in total. The van der Waals surface area contributed by atoms with E-state index in [0.717, 1.165) is 14.5 Å². The first kappa shape index (κ1) is 18.7. The Balaban J connectivity index is 2.18. The maximum Gasteiger partial charge on any atom is 0.326 e. The number of hydrogen-bond acceptors (Lipinski definition) is 3. The molecule has 0 spiro atoms. The Morgan fingerprint density at radius 1 is 1.25 bits per heavy atom. The molecule has 1 atom stereocenters. The monoisotopic (exact) mass is 457 g/mol. The molecule has 8 heteroatoms. The molecule has 2 rings (SSSR count). The van der Waals surface area contributed by atoms with Crippen LogP contribution in [0.4, 0.5) is 0 Å². The lowest BCUT2D eigenvalue weighted by Gasteiger charge is -2.16. The molecule has 1 unspecified atom stereocenters. The largest absolute Gasteiger partial charge is 0.480 e. The third kappa shape index (κ3) is 4.67. The lowest BCUT2D eigenvalue weighted by atomic mass is 10.1. The van der Waals surface area contributed by atoms with Gasteiger partial charge in [-0.15, -0.1) is 0 Å². The summed E-state index contributed by atoms with van der Waals surface area (Å²) in [4.78, 5) is 24.0. The highest BCUT2D eigenvalue weighted by Crippen LogP contribution is 2.21. The van der Waals surface area contributed by atoms with Crippen molar-refractivity contribution in [3.63, 3.8) is 0 Å². The minimum Gasteiger partial charge on any atom is -0.480 e. The van der Waals surface area contributed by atoms with Crippen LogP contribution in [-0.4, -0.2) is 32.8 Å². The second-order valence-electron chi connectivity index (χ2n) is 5.60. The molecule has 0 saturated heterocycles. The summed E-state index contributed by atoms with van der Waals surface area (Å²) >= 11 is 6.74. The minimum atomic E-state index is -1.09. The first-order chi connectivity index (χ1) is 11.3. The molecule has 1 amide bonds. The smallest absolute Gasteiger partial charge is 0.326 e. The molecule has 0 fully saturated rings. The Labute approximate surface area is 156 Å². The minimum absolute atomic E-state index is 0.00469. The molecule has 0 bridgehead atoms. The zero-order valence-corrected chi connectivity index (χ0v) is 16.3. The summed E-state index contributed by atoms with van der Waals surface area (Å²) in [5.74, 6) is -1.54. The van der Waals surface area contributed by atoms with Crippen molar-refractivity contribution in [2.24, 2.45) is 0 Å². The third-order valence-corrected chi connectivity index (χ3v) is 4.27. The first-order valence-electron chi connectivity index (χ1n) is 7.30. The number of aromatic nitrogens is 2. The number of nitrogens with zero attached hydrogens (tertiary/aromatic N) is 2. The number of carbonyl (C=O) groups is 2. The SMILES string of the molecule is CC(C)n1nccc1C(=O)NC(Cc1cc(Br)cc(Br)c1)C(=O)O. The molecule has 1 heterocycles. The average Bonchev–Trinajstić information content (AvgIpc) is 2.94. The van der Waals surface area contributed by atoms with Crippen LogP contribution in [-0.2, 0) is 11.2 Å². The number of rotatable bonds is 6.